The minimum atomic E-state index is -0.0463. The molecule has 0 bridgehead atoms. The van der Waals surface area contributed by atoms with Crippen molar-refractivity contribution in [2.45, 2.75) is 33.2 Å². The molecule has 0 spiro atoms. The van der Waals surface area contributed by atoms with Crippen LogP contribution in [0.2, 0.25) is 0 Å². The van der Waals surface area contributed by atoms with Crippen molar-refractivity contribution in [3.05, 3.63) is 0 Å². The zero-order valence-corrected chi connectivity index (χ0v) is 7.17. The molecule has 2 nitrogen and oxygen atoms in total. The number of rotatable bonds is 4. The molecule has 0 aliphatic rings. The molecule has 0 aromatic heterocycles. The Kier molecular flexibility index (Phi) is 4.65. The number of hydrogen-bond donors (Lipinski definition) is 2. The molecule has 2 heteroatoms. The van der Waals surface area contributed by atoms with Crippen LogP contribution in [-0.4, -0.2) is 17.8 Å². The van der Waals surface area contributed by atoms with Crippen LogP contribution in [0.5, 0.6) is 0 Å². The molecule has 0 radical (unpaired) electrons. The molecule has 0 fully saturated rings. The SMILES string of the molecule is CC[C@@H](C)[C@@H](C)[C@@H](N)CO. The quantitative estimate of drug-likeness (QED) is 0.619. The number of aliphatic hydroxyl groups excluding tert-OH is 1. The fourth-order valence-corrected chi connectivity index (χ4v) is 0.960. The van der Waals surface area contributed by atoms with Crippen LogP contribution < -0.4 is 5.73 Å². The fraction of sp³-hybridized carbons (Fsp3) is 1.00. The van der Waals surface area contributed by atoms with E-state index < -0.39 is 0 Å². The van der Waals surface area contributed by atoms with Crippen molar-refractivity contribution in [3.8, 4) is 0 Å². The van der Waals surface area contributed by atoms with Gasteiger partial charge in [-0.2, -0.15) is 0 Å². The Balaban J connectivity index is 3.69. The van der Waals surface area contributed by atoms with Gasteiger partial charge in [0, 0.05) is 6.04 Å². The molecule has 0 aliphatic carbocycles. The summed E-state index contributed by atoms with van der Waals surface area (Å²) in [6, 6.07) is -0.0463. The molecule has 0 aromatic carbocycles. The second kappa shape index (κ2) is 4.69. The highest BCUT2D eigenvalue weighted by Gasteiger charge is 2.16. The van der Waals surface area contributed by atoms with Crippen molar-refractivity contribution in [1.29, 1.82) is 0 Å². The van der Waals surface area contributed by atoms with E-state index >= 15 is 0 Å². The molecule has 0 rings (SSSR count). The van der Waals surface area contributed by atoms with Crippen LogP contribution in [0.4, 0.5) is 0 Å². The first-order chi connectivity index (χ1) is 4.63. The average molecular weight is 145 g/mol. The molecule has 0 aliphatic heterocycles. The molecule has 62 valence electrons. The van der Waals surface area contributed by atoms with Gasteiger partial charge in [-0.1, -0.05) is 27.2 Å². The summed E-state index contributed by atoms with van der Waals surface area (Å²) in [6.07, 6.45) is 1.13. The van der Waals surface area contributed by atoms with E-state index in [4.69, 9.17) is 10.8 Å². The van der Waals surface area contributed by atoms with Crippen molar-refractivity contribution in [3.63, 3.8) is 0 Å². The van der Waals surface area contributed by atoms with Gasteiger partial charge in [0.25, 0.3) is 0 Å². The van der Waals surface area contributed by atoms with Crippen LogP contribution in [0, 0.1) is 11.8 Å². The first-order valence-corrected chi connectivity index (χ1v) is 3.99. The van der Waals surface area contributed by atoms with Crippen LogP contribution in [0.1, 0.15) is 27.2 Å². The van der Waals surface area contributed by atoms with Gasteiger partial charge in [-0.3, -0.25) is 0 Å². The highest BCUT2D eigenvalue weighted by Crippen LogP contribution is 2.16. The van der Waals surface area contributed by atoms with Gasteiger partial charge in [-0.15, -0.1) is 0 Å². The second-order valence-electron chi connectivity index (χ2n) is 3.09. The third-order valence-electron chi connectivity index (χ3n) is 2.43. The molecule has 0 amide bonds. The third-order valence-corrected chi connectivity index (χ3v) is 2.43. The predicted octanol–water partition coefficient (Wildman–Crippen LogP) is 0.988. The predicted molar refractivity (Wildman–Crippen MR) is 43.7 cm³/mol. The Bertz CT molecular complexity index is 75.3. The van der Waals surface area contributed by atoms with E-state index in [1.165, 1.54) is 0 Å². The Morgan fingerprint density at radius 3 is 2.20 bits per heavy atom. The topological polar surface area (TPSA) is 46.2 Å². The highest BCUT2D eigenvalue weighted by atomic mass is 16.3. The molecule has 3 atom stereocenters. The van der Waals surface area contributed by atoms with Crippen LogP contribution >= 0.6 is 0 Å². The van der Waals surface area contributed by atoms with Crippen LogP contribution in [0.3, 0.4) is 0 Å². The molecule has 3 N–H and O–H groups in total. The fourth-order valence-electron chi connectivity index (χ4n) is 0.960. The van der Waals surface area contributed by atoms with E-state index in [1.807, 2.05) is 0 Å². The Labute approximate surface area is 63.4 Å². The van der Waals surface area contributed by atoms with Crippen LogP contribution in [-0.2, 0) is 0 Å². The van der Waals surface area contributed by atoms with Crippen LogP contribution in [0.25, 0.3) is 0 Å². The minimum absolute atomic E-state index is 0.0463. The first-order valence-electron chi connectivity index (χ1n) is 3.99. The molecular weight excluding hydrogens is 126 g/mol. The molecular formula is C8H19NO. The lowest BCUT2D eigenvalue weighted by Gasteiger charge is -2.23. The molecule has 0 saturated carbocycles. The van der Waals surface area contributed by atoms with E-state index in [2.05, 4.69) is 20.8 Å². The summed E-state index contributed by atoms with van der Waals surface area (Å²) in [4.78, 5) is 0. The van der Waals surface area contributed by atoms with Gasteiger partial charge in [0.2, 0.25) is 0 Å². The maximum absolute atomic E-state index is 8.72. The standard InChI is InChI=1S/C8H19NO/c1-4-6(2)7(3)8(9)5-10/h6-8,10H,4-5,9H2,1-3H3/t6-,7-,8+/m1/s1. The summed E-state index contributed by atoms with van der Waals surface area (Å²) in [5.41, 5.74) is 5.64. The van der Waals surface area contributed by atoms with Gasteiger partial charge in [-0.25, -0.2) is 0 Å². The molecule has 0 heterocycles. The number of aliphatic hydroxyl groups is 1. The lowest BCUT2D eigenvalue weighted by Crippen LogP contribution is -2.35. The smallest absolute Gasteiger partial charge is 0.0585 e. The Hall–Kier alpha value is -0.0800. The number of hydrogen-bond acceptors (Lipinski definition) is 2. The first kappa shape index (κ1) is 9.92. The Morgan fingerprint density at radius 1 is 1.40 bits per heavy atom. The molecule has 0 saturated heterocycles. The summed E-state index contributed by atoms with van der Waals surface area (Å²) >= 11 is 0. The minimum Gasteiger partial charge on any atom is -0.395 e. The van der Waals surface area contributed by atoms with Crippen LogP contribution in [0.15, 0.2) is 0 Å². The molecule has 10 heavy (non-hydrogen) atoms. The van der Waals surface area contributed by atoms with Crippen molar-refractivity contribution in [1.82, 2.24) is 0 Å². The maximum atomic E-state index is 8.72. The summed E-state index contributed by atoms with van der Waals surface area (Å²) in [5.74, 6) is 1.04. The molecule has 0 unspecified atom stereocenters. The van der Waals surface area contributed by atoms with E-state index in [-0.39, 0.29) is 12.6 Å². The second-order valence-corrected chi connectivity index (χ2v) is 3.09. The van der Waals surface area contributed by atoms with Crippen molar-refractivity contribution in [2.24, 2.45) is 17.6 Å². The molecule has 0 aromatic rings. The van der Waals surface area contributed by atoms with Crippen molar-refractivity contribution < 1.29 is 5.11 Å². The van der Waals surface area contributed by atoms with Gasteiger partial charge < -0.3 is 10.8 Å². The van der Waals surface area contributed by atoms with Gasteiger partial charge in [0.1, 0.15) is 0 Å². The monoisotopic (exact) mass is 145 g/mol. The van der Waals surface area contributed by atoms with Crippen molar-refractivity contribution >= 4 is 0 Å². The van der Waals surface area contributed by atoms with Crippen molar-refractivity contribution in [2.75, 3.05) is 6.61 Å². The summed E-state index contributed by atoms with van der Waals surface area (Å²) in [6.45, 7) is 6.51. The van der Waals surface area contributed by atoms with E-state index in [9.17, 15) is 0 Å². The number of nitrogens with two attached hydrogens (primary N) is 1. The van der Waals surface area contributed by atoms with E-state index in [0.29, 0.717) is 11.8 Å². The zero-order chi connectivity index (χ0) is 8.15. The lowest BCUT2D eigenvalue weighted by atomic mass is 9.88. The Morgan fingerprint density at radius 2 is 1.90 bits per heavy atom. The summed E-state index contributed by atoms with van der Waals surface area (Å²) in [7, 11) is 0. The normalized spacial score (nSPS) is 20.1. The lowest BCUT2D eigenvalue weighted by molar-refractivity contribution is 0.201. The van der Waals surface area contributed by atoms with E-state index in [1.54, 1.807) is 0 Å². The average Bonchev–Trinajstić information content (AvgIpc) is 2.00. The van der Waals surface area contributed by atoms with E-state index in [0.717, 1.165) is 6.42 Å². The zero-order valence-electron chi connectivity index (χ0n) is 7.17. The summed E-state index contributed by atoms with van der Waals surface area (Å²) < 4.78 is 0. The maximum Gasteiger partial charge on any atom is 0.0585 e. The highest BCUT2D eigenvalue weighted by molar-refractivity contribution is 4.71. The van der Waals surface area contributed by atoms with Gasteiger partial charge in [0.05, 0.1) is 6.61 Å². The largest absolute Gasteiger partial charge is 0.395 e. The van der Waals surface area contributed by atoms with Gasteiger partial charge in [0.15, 0.2) is 0 Å². The van der Waals surface area contributed by atoms with Gasteiger partial charge >= 0.3 is 0 Å². The summed E-state index contributed by atoms with van der Waals surface area (Å²) in [5, 5.41) is 8.72. The third kappa shape index (κ3) is 2.67. The van der Waals surface area contributed by atoms with Gasteiger partial charge in [-0.05, 0) is 11.8 Å².